The van der Waals surface area contributed by atoms with E-state index in [-0.39, 0.29) is 12.7 Å². The van der Waals surface area contributed by atoms with Gasteiger partial charge in [0.05, 0.1) is 19.5 Å². The van der Waals surface area contributed by atoms with Crippen molar-refractivity contribution < 1.29 is 22.1 Å². The lowest BCUT2D eigenvalue weighted by Crippen LogP contribution is -2.34. The highest BCUT2D eigenvalue weighted by molar-refractivity contribution is 7.85. The highest BCUT2D eigenvalue weighted by Crippen LogP contribution is 2.37. The number of ether oxygens (including phenoxy) is 2. The second-order valence-electron chi connectivity index (χ2n) is 4.51. The highest BCUT2D eigenvalue weighted by Gasteiger charge is 2.42. The molecule has 1 aliphatic heterocycles. The van der Waals surface area contributed by atoms with Crippen molar-refractivity contribution in [3.63, 3.8) is 0 Å². The second kappa shape index (κ2) is 4.60. The SMILES string of the molecule is CS(=O)(=O)OC[C@@H]1COC2(CCCCC2)O1. The van der Waals surface area contributed by atoms with Crippen molar-refractivity contribution in [1.29, 1.82) is 0 Å². The first kappa shape index (κ1) is 12.3. The standard InChI is InChI=1S/C10H18O5S/c1-16(11,12)14-8-9-7-13-10(15-9)5-3-2-4-6-10/h9H,2-8H2,1H3/t9-/m0/s1. The van der Waals surface area contributed by atoms with Crippen LogP contribution in [0.15, 0.2) is 0 Å². The zero-order chi connectivity index (χ0) is 11.6. The van der Waals surface area contributed by atoms with Crippen LogP contribution in [0.25, 0.3) is 0 Å². The van der Waals surface area contributed by atoms with E-state index in [4.69, 9.17) is 13.7 Å². The summed E-state index contributed by atoms with van der Waals surface area (Å²) < 4.78 is 37.8. The predicted octanol–water partition coefficient (Wildman–Crippen LogP) is 1.04. The summed E-state index contributed by atoms with van der Waals surface area (Å²) in [6.07, 6.45) is 6.04. The van der Waals surface area contributed by atoms with E-state index in [9.17, 15) is 8.42 Å². The molecule has 0 amide bonds. The molecule has 1 spiro atoms. The van der Waals surface area contributed by atoms with Crippen molar-refractivity contribution >= 4 is 10.1 Å². The van der Waals surface area contributed by atoms with Gasteiger partial charge < -0.3 is 9.47 Å². The first-order valence-electron chi connectivity index (χ1n) is 5.65. The Kier molecular flexibility index (Phi) is 3.53. The van der Waals surface area contributed by atoms with Gasteiger partial charge in [0.2, 0.25) is 0 Å². The minimum atomic E-state index is -3.39. The summed E-state index contributed by atoms with van der Waals surface area (Å²) in [5.41, 5.74) is 0. The summed E-state index contributed by atoms with van der Waals surface area (Å²) in [4.78, 5) is 0. The summed E-state index contributed by atoms with van der Waals surface area (Å²) >= 11 is 0. The Morgan fingerprint density at radius 1 is 1.31 bits per heavy atom. The molecule has 0 radical (unpaired) electrons. The molecule has 0 aromatic carbocycles. The van der Waals surface area contributed by atoms with Gasteiger partial charge in [0.15, 0.2) is 5.79 Å². The molecule has 0 unspecified atom stereocenters. The molecular formula is C10H18O5S. The Morgan fingerprint density at radius 3 is 2.62 bits per heavy atom. The molecule has 6 heteroatoms. The summed E-state index contributed by atoms with van der Waals surface area (Å²) in [6.45, 7) is 0.482. The molecule has 0 N–H and O–H groups in total. The fourth-order valence-electron chi connectivity index (χ4n) is 2.25. The van der Waals surface area contributed by atoms with Gasteiger partial charge in [-0.05, 0) is 12.8 Å². The molecule has 1 saturated carbocycles. The van der Waals surface area contributed by atoms with Gasteiger partial charge >= 0.3 is 0 Å². The minimum absolute atomic E-state index is 0.0561. The van der Waals surface area contributed by atoms with Crippen LogP contribution in [-0.2, 0) is 23.8 Å². The molecule has 94 valence electrons. The Morgan fingerprint density at radius 2 is 2.00 bits per heavy atom. The molecule has 2 fully saturated rings. The third-order valence-electron chi connectivity index (χ3n) is 3.00. The summed E-state index contributed by atoms with van der Waals surface area (Å²) in [7, 11) is -3.39. The molecule has 16 heavy (non-hydrogen) atoms. The first-order chi connectivity index (χ1) is 7.49. The molecule has 1 heterocycles. The van der Waals surface area contributed by atoms with Crippen molar-refractivity contribution in [3.8, 4) is 0 Å². The summed E-state index contributed by atoms with van der Waals surface area (Å²) in [5, 5.41) is 0. The van der Waals surface area contributed by atoms with Gasteiger partial charge in [0.25, 0.3) is 10.1 Å². The van der Waals surface area contributed by atoms with Gasteiger partial charge in [-0.2, -0.15) is 8.42 Å². The Hall–Kier alpha value is -0.170. The smallest absolute Gasteiger partial charge is 0.264 e. The molecule has 1 saturated heterocycles. The molecule has 0 aromatic rings. The topological polar surface area (TPSA) is 61.8 Å². The van der Waals surface area contributed by atoms with Crippen molar-refractivity contribution in [3.05, 3.63) is 0 Å². The van der Waals surface area contributed by atoms with Crippen molar-refractivity contribution in [2.24, 2.45) is 0 Å². The third kappa shape index (κ3) is 3.16. The average Bonchev–Trinajstić information content (AvgIpc) is 2.59. The fourth-order valence-corrected chi connectivity index (χ4v) is 2.65. The lowest BCUT2D eigenvalue weighted by molar-refractivity contribution is -0.189. The normalized spacial score (nSPS) is 29.7. The lowest BCUT2D eigenvalue weighted by atomic mass is 9.94. The van der Waals surface area contributed by atoms with E-state index in [0.29, 0.717) is 6.61 Å². The maximum atomic E-state index is 10.8. The maximum Gasteiger partial charge on any atom is 0.264 e. The Bertz CT molecular complexity index is 331. The van der Waals surface area contributed by atoms with E-state index in [0.717, 1.165) is 31.9 Å². The first-order valence-corrected chi connectivity index (χ1v) is 7.47. The van der Waals surface area contributed by atoms with E-state index in [1.807, 2.05) is 0 Å². The van der Waals surface area contributed by atoms with E-state index >= 15 is 0 Å². The molecule has 2 rings (SSSR count). The third-order valence-corrected chi connectivity index (χ3v) is 3.56. The Balaban J connectivity index is 1.83. The van der Waals surface area contributed by atoms with Gasteiger partial charge in [-0.3, -0.25) is 4.18 Å². The number of hydrogen-bond acceptors (Lipinski definition) is 5. The minimum Gasteiger partial charge on any atom is -0.347 e. The molecule has 0 aromatic heterocycles. The van der Waals surface area contributed by atoms with E-state index in [2.05, 4.69) is 0 Å². The van der Waals surface area contributed by atoms with Gasteiger partial charge in [0, 0.05) is 12.8 Å². The monoisotopic (exact) mass is 250 g/mol. The summed E-state index contributed by atoms with van der Waals surface area (Å²) in [6, 6.07) is 0. The van der Waals surface area contributed by atoms with Crippen LogP contribution in [0.2, 0.25) is 0 Å². The van der Waals surface area contributed by atoms with Crippen LogP contribution in [0.5, 0.6) is 0 Å². The summed E-state index contributed by atoms with van der Waals surface area (Å²) in [5.74, 6) is -0.455. The Labute approximate surface area is 96.2 Å². The van der Waals surface area contributed by atoms with Gasteiger partial charge in [-0.15, -0.1) is 0 Å². The molecule has 1 aliphatic carbocycles. The number of hydrogen-bond donors (Lipinski definition) is 0. The largest absolute Gasteiger partial charge is 0.347 e. The van der Waals surface area contributed by atoms with Crippen molar-refractivity contribution in [2.75, 3.05) is 19.5 Å². The van der Waals surface area contributed by atoms with Gasteiger partial charge in [-0.25, -0.2) is 0 Å². The molecule has 2 aliphatic rings. The van der Waals surface area contributed by atoms with E-state index < -0.39 is 15.9 Å². The quantitative estimate of drug-likeness (QED) is 0.700. The predicted molar refractivity (Wildman–Crippen MR) is 57.4 cm³/mol. The number of rotatable bonds is 3. The van der Waals surface area contributed by atoms with Crippen LogP contribution in [0.4, 0.5) is 0 Å². The van der Waals surface area contributed by atoms with Gasteiger partial charge in [0.1, 0.15) is 6.10 Å². The van der Waals surface area contributed by atoms with E-state index in [1.165, 1.54) is 6.42 Å². The van der Waals surface area contributed by atoms with Crippen LogP contribution in [0.3, 0.4) is 0 Å². The average molecular weight is 250 g/mol. The van der Waals surface area contributed by atoms with Gasteiger partial charge in [-0.1, -0.05) is 6.42 Å². The highest BCUT2D eigenvalue weighted by atomic mass is 32.2. The van der Waals surface area contributed by atoms with Crippen LogP contribution < -0.4 is 0 Å². The van der Waals surface area contributed by atoms with Crippen LogP contribution in [0.1, 0.15) is 32.1 Å². The van der Waals surface area contributed by atoms with Crippen LogP contribution in [-0.4, -0.2) is 39.8 Å². The molecule has 1 atom stereocenters. The van der Waals surface area contributed by atoms with Crippen molar-refractivity contribution in [2.45, 2.75) is 44.0 Å². The molecule has 5 nitrogen and oxygen atoms in total. The molecule has 0 bridgehead atoms. The van der Waals surface area contributed by atoms with Crippen LogP contribution in [0, 0.1) is 0 Å². The van der Waals surface area contributed by atoms with E-state index in [1.54, 1.807) is 0 Å². The zero-order valence-electron chi connectivity index (χ0n) is 9.48. The fraction of sp³-hybridized carbons (Fsp3) is 1.00. The second-order valence-corrected chi connectivity index (χ2v) is 6.15. The van der Waals surface area contributed by atoms with Crippen LogP contribution >= 0.6 is 0 Å². The lowest BCUT2D eigenvalue weighted by Gasteiger charge is -2.31. The molecular weight excluding hydrogens is 232 g/mol. The zero-order valence-corrected chi connectivity index (χ0v) is 10.3. The van der Waals surface area contributed by atoms with Crippen molar-refractivity contribution in [1.82, 2.24) is 0 Å². The maximum absolute atomic E-state index is 10.8.